The van der Waals surface area contributed by atoms with E-state index in [1.807, 2.05) is 0 Å². The number of hydrogen-bond donors (Lipinski definition) is 3. The third-order valence-electron chi connectivity index (χ3n) is 4.96. The fraction of sp³-hybridized carbons (Fsp3) is 0.370. The molecule has 0 saturated carbocycles. The van der Waals surface area contributed by atoms with Crippen LogP contribution in [-0.4, -0.2) is 49.7 Å². The number of carbonyl (C=O) groups excluding carboxylic acids is 2. The molecule has 2 aromatic carbocycles. The Labute approximate surface area is 243 Å². The molecule has 3 rings (SSSR count). The van der Waals surface area contributed by atoms with Crippen LogP contribution in [0.5, 0.6) is 0 Å². The van der Waals surface area contributed by atoms with Crippen LogP contribution in [0.1, 0.15) is 41.0 Å². The smallest absolute Gasteiger partial charge is 0.411 e. The molecule has 0 aliphatic carbocycles. The normalized spacial score (nSPS) is 11.8. The average molecular weight is 609 g/mol. The Morgan fingerprint density at radius 3 is 2.30 bits per heavy atom. The molecule has 1 aromatic heterocycles. The van der Waals surface area contributed by atoms with Crippen LogP contribution in [-0.2, 0) is 19.5 Å². The monoisotopic (exact) mass is 608 g/mol. The summed E-state index contributed by atoms with van der Waals surface area (Å²) in [7, 11) is -3.99. The molecule has 0 fully saturated rings. The summed E-state index contributed by atoms with van der Waals surface area (Å²) in [4.78, 5) is 29.1. The van der Waals surface area contributed by atoms with Crippen molar-refractivity contribution in [1.29, 1.82) is 0 Å². The van der Waals surface area contributed by atoms with Gasteiger partial charge in [-0.2, -0.15) is 0 Å². The maximum Gasteiger partial charge on any atom is 0.411 e. The number of amides is 2. The SMILES string of the molecule is CC(C)OC(=O)Nc1ccc(-c2ncc(-c3ccc(NC(=O)OCCCCl)cc3S(=O)(=O)NC(C)(C)C)s2)cc1. The lowest BCUT2D eigenvalue weighted by molar-refractivity contribution is 0.130. The van der Waals surface area contributed by atoms with E-state index in [4.69, 9.17) is 21.1 Å². The van der Waals surface area contributed by atoms with Gasteiger partial charge in [0.05, 0.1) is 22.5 Å². The number of rotatable bonds is 10. The third kappa shape index (κ3) is 9.19. The number of sulfonamides is 1. The molecule has 0 radical (unpaired) electrons. The van der Waals surface area contributed by atoms with E-state index in [0.29, 0.717) is 33.4 Å². The fourth-order valence-electron chi connectivity index (χ4n) is 3.45. The second-order valence-electron chi connectivity index (χ2n) is 10.1. The highest BCUT2D eigenvalue weighted by molar-refractivity contribution is 7.89. The highest BCUT2D eigenvalue weighted by Crippen LogP contribution is 2.37. The number of halogens is 1. The molecule has 0 aliphatic heterocycles. The number of ether oxygens (including phenoxy) is 2. The largest absolute Gasteiger partial charge is 0.449 e. The van der Waals surface area contributed by atoms with E-state index in [1.54, 1.807) is 77.2 Å². The fourth-order valence-corrected chi connectivity index (χ4v) is 6.25. The van der Waals surface area contributed by atoms with Crippen molar-refractivity contribution in [2.75, 3.05) is 23.1 Å². The first-order valence-electron chi connectivity index (χ1n) is 12.5. The third-order valence-corrected chi connectivity index (χ3v) is 8.11. The molecule has 0 atom stereocenters. The number of aromatic nitrogens is 1. The molecule has 40 heavy (non-hydrogen) atoms. The van der Waals surface area contributed by atoms with Crippen LogP contribution in [0.4, 0.5) is 21.0 Å². The van der Waals surface area contributed by atoms with Crippen molar-refractivity contribution >= 4 is 56.5 Å². The Morgan fingerprint density at radius 1 is 1.02 bits per heavy atom. The number of alkyl halides is 1. The van der Waals surface area contributed by atoms with Gasteiger partial charge in [0.1, 0.15) is 5.01 Å². The summed E-state index contributed by atoms with van der Waals surface area (Å²) in [6, 6.07) is 11.7. The first-order valence-corrected chi connectivity index (χ1v) is 15.3. The molecule has 0 bridgehead atoms. The van der Waals surface area contributed by atoms with E-state index in [0.717, 1.165) is 5.56 Å². The zero-order valence-corrected chi connectivity index (χ0v) is 25.3. The summed E-state index contributed by atoms with van der Waals surface area (Å²) in [5.41, 5.74) is 1.30. The van der Waals surface area contributed by atoms with Crippen molar-refractivity contribution in [2.24, 2.45) is 0 Å². The minimum absolute atomic E-state index is 0.0144. The second kappa shape index (κ2) is 13.4. The van der Waals surface area contributed by atoms with Gasteiger partial charge in [0.25, 0.3) is 0 Å². The molecular formula is C27H33ClN4O6S2. The summed E-state index contributed by atoms with van der Waals surface area (Å²) in [6.45, 7) is 8.90. The Balaban J connectivity index is 1.90. The van der Waals surface area contributed by atoms with Crippen LogP contribution < -0.4 is 15.4 Å². The summed E-state index contributed by atoms with van der Waals surface area (Å²) < 4.78 is 39.7. The standard InChI is InChI=1S/C27H33ClN4O6S2/c1-17(2)38-26(34)30-19-9-7-18(8-10-19)24-29-16-22(39-24)21-12-11-20(31-25(33)37-14-6-13-28)15-23(21)40(35,36)32-27(3,4)5/h7-12,15-17,32H,6,13-14H2,1-5H3,(H,30,34)(H,31,33). The van der Waals surface area contributed by atoms with Crippen LogP contribution >= 0.6 is 22.9 Å². The Morgan fingerprint density at radius 2 is 1.68 bits per heavy atom. The van der Waals surface area contributed by atoms with Crippen molar-refractivity contribution in [3.63, 3.8) is 0 Å². The topological polar surface area (TPSA) is 136 Å². The van der Waals surface area contributed by atoms with Crippen LogP contribution in [0.3, 0.4) is 0 Å². The minimum atomic E-state index is -3.99. The van der Waals surface area contributed by atoms with Crippen LogP contribution in [0.15, 0.2) is 53.6 Å². The zero-order valence-electron chi connectivity index (χ0n) is 22.9. The lowest BCUT2D eigenvalue weighted by Crippen LogP contribution is -2.40. The number of nitrogens with zero attached hydrogens (tertiary/aromatic N) is 1. The number of hydrogen-bond acceptors (Lipinski definition) is 8. The molecule has 10 nitrogen and oxygen atoms in total. The van der Waals surface area contributed by atoms with Gasteiger partial charge in [-0.05, 0) is 77.4 Å². The number of nitrogens with one attached hydrogen (secondary N) is 3. The summed E-state index contributed by atoms with van der Waals surface area (Å²) in [6.07, 6.45) is 0.616. The van der Waals surface area contributed by atoms with E-state index in [2.05, 4.69) is 20.3 Å². The van der Waals surface area contributed by atoms with Crippen molar-refractivity contribution in [1.82, 2.24) is 9.71 Å². The second-order valence-corrected chi connectivity index (χ2v) is 13.1. The van der Waals surface area contributed by atoms with Crippen molar-refractivity contribution in [3.05, 3.63) is 48.7 Å². The number of thiazole rings is 1. The molecular weight excluding hydrogens is 576 g/mol. The summed E-state index contributed by atoms with van der Waals surface area (Å²) in [5.74, 6) is 0.355. The van der Waals surface area contributed by atoms with Gasteiger partial charge in [-0.25, -0.2) is 27.7 Å². The molecule has 1 heterocycles. The Bertz CT molecular complexity index is 1430. The minimum Gasteiger partial charge on any atom is -0.449 e. The van der Waals surface area contributed by atoms with E-state index < -0.39 is 27.7 Å². The molecule has 216 valence electrons. The number of anilines is 2. The van der Waals surface area contributed by atoms with E-state index in [1.165, 1.54) is 17.4 Å². The zero-order chi connectivity index (χ0) is 29.5. The van der Waals surface area contributed by atoms with Gasteiger partial charge in [-0.3, -0.25) is 10.6 Å². The Kier molecular flexibility index (Phi) is 10.5. The first kappa shape index (κ1) is 31.3. The van der Waals surface area contributed by atoms with Gasteiger partial charge in [-0.15, -0.1) is 22.9 Å². The maximum absolute atomic E-state index is 13.4. The van der Waals surface area contributed by atoms with Crippen LogP contribution in [0.25, 0.3) is 21.0 Å². The lowest BCUT2D eigenvalue weighted by atomic mass is 10.1. The highest BCUT2D eigenvalue weighted by atomic mass is 35.5. The average Bonchev–Trinajstić information content (AvgIpc) is 3.33. The van der Waals surface area contributed by atoms with Gasteiger partial charge in [0, 0.05) is 40.1 Å². The number of carbonyl (C=O) groups is 2. The number of benzene rings is 2. The molecule has 3 aromatic rings. The van der Waals surface area contributed by atoms with Gasteiger partial charge >= 0.3 is 12.2 Å². The van der Waals surface area contributed by atoms with Crippen LogP contribution in [0.2, 0.25) is 0 Å². The van der Waals surface area contributed by atoms with Crippen molar-refractivity contribution in [2.45, 2.75) is 57.6 Å². The molecule has 2 amide bonds. The van der Waals surface area contributed by atoms with Gasteiger partial charge in [0.2, 0.25) is 10.0 Å². The maximum atomic E-state index is 13.4. The van der Waals surface area contributed by atoms with Crippen LogP contribution in [0, 0.1) is 0 Å². The van der Waals surface area contributed by atoms with Crippen molar-refractivity contribution < 1.29 is 27.5 Å². The molecule has 0 aliphatic rings. The molecule has 13 heteroatoms. The predicted octanol–water partition coefficient (Wildman–Crippen LogP) is 6.69. The Hall–Kier alpha value is -3.19. The van der Waals surface area contributed by atoms with Gasteiger partial charge in [0.15, 0.2) is 0 Å². The van der Waals surface area contributed by atoms with E-state index in [-0.39, 0.29) is 23.3 Å². The molecule has 0 spiro atoms. The van der Waals surface area contributed by atoms with Crippen molar-refractivity contribution in [3.8, 4) is 21.0 Å². The summed E-state index contributed by atoms with van der Waals surface area (Å²) in [5, 5.41) is 5.89. The quantitative estimate of drug-likeness (QED) is 0.172. The molecule has 0 unspecified atom stereocenters. The lowest BCUT2D eigenvalue weighted by Gasteiger charge is -2.22. The first-order chi connectivity index (χ1) is 18.8. The summed E-state index contributed by atoms with van der Waals surface area (Å²) >= 11 is 6.92. The van der Waals surface area contributed by atoms with Gasteiger partial charge < -0.3 is 9.47 Å². The van der Waals surface area contributed by atoms with E-state index >= 15 is 0 Å². The molecule has 0 saturated heterocycles. The molecule has 3 N–H and O–H groups in total. The highest BCUT2D eigenvalue weighted by Gasteiger charge is 2.26. The van der Waals surface area contributed by atoms with Gasteiger partial charge in [-0.1, -0.05) is 6.07 Å². The predicted molar refractivity (Wildman–Crippen MR) is 159 cm³/mol. The van der Waals surface area contributed by atoms with E-state index in [9.17, 15) is 18.0 Å².